The number of benzene rings is 1. The summed E-state index contributed by atoms with van der Waals surface area (Å²) in [5.41, 5.74) is 5.36. The molecule has 0 aliphatic carbocycles. The van der Waals surface area contributed by atoms with Crippen LogP contribution in [0.2, 0.25) is 0 Å². The van der Waals surface area contributed by atoms with Gasteiger partial charge < -0.3 is 5.73 Å². The van der Waals surface area contributed by atoms with Crippen molar-refractivity contribution in [3.8, 4) is 0 Å². The molecule has 0 bridgehead atoms. The molecule has 0 spiro atoms. The fraction of sp³-hybridized carbons (Fsp3) is 0.400. The highest BCUT2D eigenvalue weighted by molar-refractivity contribution is 9.10. The van der Waals surface area contributed by atoms with E-state index in [0.29, 0.717) is 0 Å². The molecule has 0 saturated heterocycles. The second-order valence-corrected chi connectivity index (χ2v) is 8.67. The fourth-order valence-electron chi connectivity index (χ4n) is 1.31. The van der Waals surface area contributed by atoms with Crippen LogP contribution < -0.4 is 10.5 Å². The average Bonchev–Trinajstić information content (AvgIpc) is 2.26. The van der Waals surface area contributed by atoms with Crippen LogP contribution in [0.15, 0.2) is 32.5 Å². The van der Waals surface area contributed by atoms with E-state index in [1.807, 2.05) is 0 Å². The largest absolute Gasteiger partial charge is 0.329 e. The van der Waals surface area contributed by atoms with Gasteiger partial charge in [-0.05, 0) is 41.1 Å². The number of nitrogens with one attached hydrogen (secondary N) is 1. The lowest BCUT2D eigenvalue weighted by atomic mass is 10.4. The minimum absolute atomic E-state index is 0.0276. The average molecular weight is 371 g/mol. The predicted octanol–water partition coefficient (Wildman–Crippen LogP) is 0.478. The van der Waals surface area contributed by atoms with E-state index in [2.05, 4.69) is 20.7 Å². The van der Waals surface area contributed by atoms with Crippen molar-refractivity contribution in [3.63, 3.8) is 0 Å². The van der Waals surface area contributed by atoms with Crippen molar-refractivity contribution in [1.29, 1.82) is 0 Å². The molecule has 0 saturated carbocycles. The van der Waals surface area contributed by atoms with Crippen molar-refractivity contribution in [2.45, 2.75) is 22.8 Å². The lowest BCUT2D eigenvalue weighted by Gasteiger charge is -2.13. The molecule has 1 atom stereocenters. The van der Waals surface area contributed by atoms with E-state index in [4.69, 9.17) is 5.73 Å². The molecule has 0 unspecified atom stereocenters. The maximum Gasteiger partial charge on any atom is 0.241 e. The van der Waals surface area contributed by atoms with Gasteiger partial charge in [0.05, 0.1) is 9.79 Å². The SMILES string of the molecule is C[C@H](CN)NS(=O)(=O)c1ccc(S(C)(=O)=O)cc1Br. The summed E-state index contributed by atoms with van der Waals surface area (Å²) in [5, 5.41) is 0. The van der Waals surface area contributed by atoms with Gasteiger partial charge in [-0.2, -0.15) is 0 Å². The Morgan fingerprint density at radius 1 is 1.32 bits per heavy atom. The van der Waals surface area contributed by atoms with Crippen molar-refractivity contribution >= 4 is 35.8 Å². The smallest absolute Gasteiger partial charge is 0.241 e. The molecule has 3 N–H and O–H groups in total. The molecule has 1 rings (SSSR count). The minimum Gasteiger partial charge on any atom is -0.329 e. The summed E-state index contributed by atoms with van der Waals surface area (Å²) in [6.07, 6.45) is 1.05. The molecule has 0 heterocycles. The third-order valence-electron chi connectivity index (χ3n) is 2.33. The van der Waals surface area contributed by atoms with Gasteiger partial charge in [-0.15, -0.1) is 0 Å². The van der Waals surface area contributed by atoms with Crippen molar-refractivity contribution in [3.05, 3.63) is 22.7 Å². The quantitative estimate of drug-likeness (QED) is 0.783. The van der Waals surface area contributed by atoms with Gasteiger partial charge >= 0.3 is 0 Å². The number of hydrogen-bond acceptors (Lipinski definition) is 5. The summed E-state index contributed by atoms with van der Waals surface area (Å²) in [4.78, 5) is 0.0189. The van der Waals surface area contributed by atoms with Gasteiger partial charge in [-0.3, -0.25) is 0 Å². The summed E-state index contributed by atoms with van der Waals surface area (Å²) < 4.78 is 49.4. The van der Waals surface area contributed by atoms with E-state index in [9.17, 15) is 16.8 Å². The molecule has 9 heteroatoms. The first-order valence-electron chi connectivity index (χ1n) is 5.30. The van der Waals surface area contributed by atoms with Gasteiger partial charge in [0, 0.05) is 23.3 Å². The molecule has 1 aromatic rings. The number of rotatable bonds is 5. The Kier molecular flexibility index (Phi) is 5.13. The third kappa shape index (κ3) is 4.25. The highest BCUT2D eigenvalue weighted by Gasteiger charge is 2.21. The van der Waals surface area contributed by atoms with Crippen LogP contribution in [-0.4, -0.2) is 35.7 Å². The van der Waals surface area contributed by atoms with Crippen molar-refractivity contribution in [2.75, 3.05) is 12.8 Å². The van der Waals surface area contributed by atoms with Crippen LogP contribution in [0.4, 0.5) is 0 Å². The first-order chi connectivity index (χ1) is 8.58. The number of nitrogens with two attached hydrogens (primary N) is 1. The second kappa shape index (κ2) is 5.88. The Labute approximate surface area is 121 Å². The first-order valence-corrected chi connectivity index (χ1v) is 9.46. The zero-order valence-corrected chi connectivity index (χ0v) is 13.6. The zero-order valence-electron chi connectivity index (χ0n) is 10.4. The van der Waals surface area contributed by atoms with Crippen molar-refractivity contribution in [2.24, 2.45) is 5.73 Å². The lowest BCUT2D eigenvalue weighted by molar-refractivity contribution is 0.562. The normalized spacial score (nSPS) is 14.3. The first kappa shape index (κ1) is 16.6. The van der Waals surface area contributed by atoms with Gasteiger partial charge in [0.2, 0.25) is 10.0 Å². The summed E-state index contributed by atoms with van der Waals surface area (Å²) >= 11 is 3.07. The molecule has 19 heavy (non-hydrogen) atoms. The van der Waals surface area contributed by atoms with E-state index < -0.39 is 25.9 Å². The standard InChI is InChI=1S/C10H15BrN2O4S2/c1-7(6-12)13-19(16,17)10-4-3-8(5-9(10)11)18(2,14)15/h3-5,7,13H,6,12H2,1-2H3/t7-/m1/s1. The Balaban J connectivity index is 3.24. The number of sulfonamides is 1. The van der Waals surface area contributed by atoms with Gasteiger partial charge in [-0.25, -0.2) is 21.6 Å². The monoisotopic (exact) mass is 370 g/mol. The van der Waals surface area contributed by atoms with E-state index in [1.54, 1.807) is 6.92 Å². The molecule has 0 fully saturated rings. The van der Waals surface area contributed by atoms with Crippen LogP contribution >= 0.6 is 15.9 Å². The molecule has 0 aliphatic rings. The third-order valence-corrected chi connectivity index (χ3v) is 6.01. The van der Waals surface area contributed by atoms with E-state index in [-0.39, 0.29) is 20.8 Å². The summed E-state index contributed by atoms with van der Waals surface area (Å²) in [6, 6.07) is 3.34. The van der Waals surface area contributed by atoms with Crippen LogP contribution in [0.5, 0.6) is 0 Å². The topological polar surface area (TPSA) is 106 Å². The summed E-state index contributed by atoms with van der Waals surface area (Å²) in [5.74, 6) is 0. The highest BCUT2D eigenvalue weighted by Crippen LogP contribution is 2.25. The Hall–Kier alpha value is -0.480. The van der Waals surface area contributed by atoms with Crippen LogP contribution in [-0.2, 0) is 19.9 Å². The molecule has 1 aromatic carbocycles. The molecule has 108 valence electrons. The number of hydrogen-bond donors (Lipinski definition) is 2. The predicted molar refractivity (Wildman–Crippen MR) is 76.1 cm³/mol. The van der Waals surface area contributed by atoms with Gasteiger partial charge in [0.1, 0.15) is 0 Å². The molecule has 0 radical (unpaired) electrons. The van der Waals surface area contributed by atoms with Crippen LogP contribution in [0, 0.1) is 0 Å². The molecule has 0 aromatic heterocycles. The van der Waals surface area contributed by atoms with E-state index >= 15 is 0 Å². The Bertz CT molecular complexity index is 671. The van der Waals surface area contributed by atoms with Gasteiger partial charge in [0.25, 0.3) is 0 Å². The van der Waals surface area contributed by atoms with Gasteiger partial charge in [-0.1, -0.05) is 0 Å². The summed E-state index contributed by atoms with van der Waals surface area (Å²) in [7, 11) is -7.12. The molecule has 6 nitrogen and oxygen atoms in total. The second-order valence-electron chi connectivity index (χ2n) is 4.12. The Morgan fingerprint density at radius 2 is 1.89 bits per heavy atom. The molecular formula is C10H15BrN2O4S2. The fourth-order valence-corrected chi connectivity index (χ4v) is 4.44. The molecular weight excluding hydrogens is 356 g/mol. The zero-order chi connectivity index (χ0) is 14.8. The van der Waals surface area contributed by atoms with Crippen molar-refractivity contribution < 1.29 is 16.8 Å². The van der Waals surface area contributed by atoms with Gasteiger partial charge in [0.15, 0.2) is 9.84 Å². The van der Waals surface area contributed by atoms with Crippen LogP contribution in [0.3, 0.4) is 0 Å². The van der Waals surface area contributed by atoms with E-state index in [1.165, 1.54) is 18.2 Å². The van der Waals surface area contributed by atoms with Crippen LogP contribution in [0.1, 0.15) is 6.92 Å². The number of halogens is 1. The van der Waals surface area contributed by atoms with Crippen molar-refractivity contribution in [1.82, 2.24) is 4.72 Å². The number of sulfone groups is 1. The minimum atomic E-state index is -3.74. The summed E-state index contributed by atoms with van der Waals surface area (Å²) in [6.45, 7) is 1.80. The maximum atomic E-state index is 12.0. The highest BCUT2D eigenvalue weighted by atomic mass is 79.9. The molecule has 0 amide bonds. The molecule has 0 aliphatic heterocycles. The Morgan fingerprint density at radius 3 is 2.32 bits per heavy atom. The lowest BCUT2D eigenvalue weighted by Crippen LogP contribution is -2.37. The maximum absolute atomic E-state index is 12.0. The van der Waals surface area contributed by atoms with Crippen LogP contribution in [0.25, 0.3) is 0 Å². The van der Waals surface area contributed by atoms with E-state index in [0.717, 1.165) is 6.26 Å².